The number of piperidine rings is 1. The summed E-state index contributed by atoms with van der Waals surface area (Å²) >= 11 is 0. The summed E-state index contributed by atoms with van der Waals surface area (Å²) in [6.45, 7) is 4.78. The second kappa shape index (κ2) is 10.2. The number of benzene rings is 2. The van der Waals surface area contributed by atoms with E-state index in [1.807, 2.05) is 68.4 Å². The van der Waals surface area contributed by atoms with Gasteiger partial charge in [0.15, 0.2) is 0 Å². The number of nitrogens with zero attached hydrogens (tertiary/aromatic N) is 1. The minimum Gasteiger partial charge on any atom is -0.349 e. The molecule has 2 aromatic carbocycles. The van der Waals surface area contributed by atoms with Crippen molar-refractivity contribution in [1.82, 2.24) is 9.62 Å². The normalized spacial score (nSPS) is 18.7. The number of sulfonamides is 1. The first-order valence-corrected chi connectivity index (χ1v) is 12.3. The Morgan fingerprint density at radius 3 is 2.53 bits per heavy atom. The zero-order chi connectivity index (χ0) is 21.6. The number of amides is 1. The molecule has 1 saturated heterocycles. The molecule has 0 aromatic heterocycles. The standard InChI is InChI=1S/C24H32N2O3S/c1-19-12-14-22(15-13-19)20(2)25-24(27)23-11-6-16-26(18-23)30(28,29)17-7-10-21-8-4-3-5-9-21/h3-5,8-9,12-15,20,23H,6-7,10-11,16-18H2,1-2H3,(H,25,27)/t20-,23-/m1/s1. The van der Waals surface area contributed by atoms with Crippen molar-refractivity contribution in [3.05, 3.63) is 71.3 Å². The van der Waals surface area contributed by atoms with Crippen molar-refractivity contribution in [3.8, 4) is 0 Å². The van der Waals surface area contributed by atoms with Gasteiger partial charge < -0.3 is 5.32 Å². The molecule has 1 aliphatic rings. The highest BCUT2D eigenvalue weighted by atomic mass is 32.2. The van der Waals surface area contributed by atoms with E-state index in [1.165, 1.54) is 9.87 Å². The molecule has 0 radical (unpaired) electrons. The molecule has 0 unspecified atom stereocenters. The van der Waals surface area contributed by atoms with Crippen LogP contribution in [0.25, 0.3) is 0 Å². The predicted octanol–water partition coefficient (Wildman–Crippen LogP) is 3.85. The Balaban J connectivity index is 1.53. The molecule has 0 saturated carbocycles. The molecule has 1 fully saturated rings. The van der Waals surface area contributed by atoms with Gasteiger partial charge in [0.05, 0.1) is 17.7 Å². The Labute approximate surface area is 180 Å². The number of rotatable bonds is 8. The van der Waals surface area contributed by atoms with Crippen LogP contribution in [0.3, 0.4) is 0 Å². The van der Waals surface area contributed by atoms with Gasteiger partial charge in [0.1, 0.15) is 0 Å². The summed E-state index contributed by atoms with van der Waals surface area (Å²) in [5.74, 6) is -0.237. The van der Waals surface area contributed by atoms with E-state index in [1.54, 1.807) is 0 Å². The SMILES string of the molecule is Cc1ccc([C@@H](C)NC(=O)[C@@H]2CCCN(S(=O)(=O)CCCc3ccccc3)C2)cc1. The number of hydrogen-bond donors (Lipinski definition) is 1. The predicted molar refractivity (Wildman–Crippen MR) is 121 cm³/mol. The minimum atomic E-state index is -3.35. The fraction of sp³-hybridized carbons (Fsp3) is 0.458. The molecular formula is C24H32N2O3S. The van der Waals surface area contributed by atoms with Gasteiger partial charge in [-0.25, -0.2) is 12.7 Å². The second-order valence-electron chi connectivity index (χ2n) is 8.24. The molecule has 6 heteroatoms. The van der Waals surface area contributed by atoms with Crippen LogP contribution in [-0.2, 0) is 21.2 Å². The van der Waals surface area contributed by atoms with Crippen LogP contribution in [0.4, 0.5) is 0 Å². The van der Waals surface area contributed by atoms with Gasteiger partial charge in [-0.3, -0.25) is 4.79 Å². The number of carbonyl (C=O) groups is 1. The molecule has 5 nitrogen and oxygen atoms in total. The van der Waals surface area contributed by atoms with Crippen molar-refractivity contribution in [2.75, 3.05) is 18.8 Å². The molecule has 1 N–H and O–H groups in total. The highest BCUT2D eigenvalue weighted by Crippen LogP contribution is 2.22. The number of aryl methyl sites for hydroxylation is 2. The van der Waals surface area contributed by atoms with Crippen LogP contribution in [0, 0.1) is 12.8 Å². The first-order chi connectivity index (χ1) is 14.3. The van der Waals surface area contributed by atoms with Crippen LogP contribution < -0.4 is 5.32 Å². The van der Waals surface area contributed by atoms with E-state index in [0.29, 0.717) is 13.0 Å². The van der Waals surface area contributed by atoms with E-state index in [-0.39, 0.29) is 30.2 Å². The van der Waals surface area contributed by atoms with E-state index in [9.17, 15) is 13.2 Å². The molecular weight excluding hydrogens is 396 g/mol. The average molecular weight is 429 g/mol. The van der Waals surface area contributed by atoms with Crippen LogP contribution in [0.15, 0.2) is 54.6 Å². The Kier molecular flexibility index (Phi) is 7.67. The van der Waals surface area contributed by atoms with Gasteiger partial charge in [-0.05, 0) is 50.7 Å². The number of nitrogens with one attached hydrogen (secondary N) is 1. The van der Waals surface area contributed by atoms with Crippen LogP contribution in [-0.4, -0.2) is 37.5 Å². The van der Waals surface area contributed by atoms with Crippen LogP contribution in [0.2, 0.25) is 0 Å². The fourth-order valence-corrected chi connectivity index (χ4v) is 5.49. The molecule has 162 valence electrons. The third-order valence-corrected chi connectivity index (χ3v) is 7.72. The van der Waals surface area contributed by atoms with Crippen molar-refractivity contribution in [3.63, 3.8) is 0 Å². The summed E-state index contributed by atoms with van der Waals surface area (Å²) in [5, 5.41) is 3.06. The molecule has 2 atom stereocenters. The summed E-state index contributed by atoms with van der Waals surface area (Å²) < 4.78 is 27.1. The minimum absolute atomic E-state index is 0.0627. The van der Waals surface area contributed by atoms with Gasteiger partial charge in [-0.15, -0.1) is 0 Å². The van der Waals surface area contributed by atoms with E-state index in [2.05, 4.69) is 5.32 Å². The summed E-state index contributed by atoms with van der Waals surface area (Å²) in [5.41, 5.74) is 3.38. The lowest BCUT2D eigenvalue weighted by atomic mass is 9.97. The van der Waals surface area contributed by atoms with Gasteiger partial charge in [0.25, 0.3) is 0 Å². The molecule has 3 rings (SSSR count). The van der Waals surface area contributed by atoms with Crippen molar-refractivity contribution in [1.29, 1.82) is 0 Å². The number of hydrogen-bond acceptors (Lipinski definition) is 3. The molecule has 2 aromatic rings. The largest absolute Gasteiger partial charge is 0.349 e. The fourth-order valence-electron chi connectivity index (χ4n) is 3.91. The van der Waals surface area contributed by atoms with Crippen LogP contribution in [0.5, 0.6) is 0 Å². The molecule has 0 bridgehead atoms. The monoisotopic (exact) mass is 428 g/mol. The molecule has 30 heavy (non-hydrogen) atoms. The summed E-state index contributed by atoms with van der Waals surface area (Å²) in [6, 6.07) is 17.9. The Hall–Kier alpha value is -2.18. The average Bonchev–Trinajstić information content (AvgIpc) is 2.75. The zero-order valence-corrected chi connectivity index (χ0v) is 18.7. The lowest BCUT2D eigenvalue weighted by Gasteiger charge is -2.32. The Morgan fingerprint density at radius 1 is 1.13 bits per heavy atom. The lowest BCUT2D eigenvalue weighted by molar-refractivity contribution is -0.126. The molecule has 0 spiro atoms. The first kappa shape index (κ1) is 22.5. The van der Waals surface area contributed by atoms with Crippen LogP contribution in [0.1, 0.15) is 48.9 Å². The zero-order valence-electron chi connectivity index (χ0n) is 17.9. The van der Waals surface area contributed by atoms with Crippen LogP contribution >= 0.6 is 0 Å². The highest BCUT2D eigenvalue weighted by molar-refractivity contribution is 7.89. The Morgan fingerprint density at radius 2 is 1.83 bits per heavy atom. The van der Waals surface area contributed by atoms with E-state index < -0.39 is 10.0 Å². The van der Waals surface area contributed by atoms with Gasteiger partial charge in [0.2, 0.25) is 15.9 Å². The molecule has 1 aliphatic heterocycles. The third-order valence-electron chi connectivity index (χ3n) is 5.79. The van der Waals surface area contributed by atoms with Gasteiger partial charge in [-0.1, -0.05) is 60.2 Å². The highest BCUT2D eigenvalue weighted by Gasteiger charge is 2.32. The smallest absolute Gasteiger partial charge is 0.224 e. The third kappa shape index (κ3) is 6.16. The second-order valence-corrected chi connectivity index (χ2v) is 10.3. The first-order valence-electron chi connectivity index (χ1n) is 10.7. The van der Waals surface area contributed by atoms with E-state index >= 15 is 0 Å². The van der Waals surface area contributed by atoms with Gasteiger partial charge in [0, 0.05) is 13.1 Å². The quantitative estimate of drug-likeness (QED) is 0.695. The maximum absolute atomic E-state index is 12.8. The van der Waals surface area contributed by atoms with Gasteiger partial charge >= 0.3 is 0 Å². The molecule has 1 amide bonds. The van der Waals surface area contributed by atoms with E-state index in [0.717, 1.165) is 30.4 Å². The van der Waals surface area contributed by atoms with Crippen molar-refractivity contribution >= 4 is 15.9 Å². The van der Waals surface area contributed by atoms with Gasteiger partial charge in [-0.2, -0.15) is 0 Å². The molecule has 1 heterocycles. The summed E-state index contributed by atoms with van der Waals surface area (Å²) in [7, 11) is -3.35. The summed E-state index contributed by atoms with van der Waals surface area (Å²) in [4.78, 5) is 12.8. The molecule has 0 aliphatic carbocycles. The summed E-state index contributed by atoms with van der Waals surface area (Å²) in [6.07, 6.45) is 2.77. The maximum atomic E-state index is 12.8. The lowest BCUT2D eigenvalue weighted by Crippen LogP contribution is -2.46. The Bertz CT molecular complexity index is 927. The topological polar surface area (TPSA) is 66.5 Å². The maximum Gasteiger partial charge on any atom is 0.224 e. The van der Waals surface area contributed by atoms with Crippen molar-refractivity contribution in [2.24, 2.45) is 5.92 Å². The van der Waals surface area contributed by atoms with E-state index in [4.69, 9.17) is 0 Å². The van der Waals surface area contributed by atoms with Crippen molar-refractivity contribution in [2.45, 2.75) is 45.6 Å². The van der Waals surface area contributed by atoms with Crippen molar-refractivity contribution < 1.29 is 13.2 Å². The number of carbonyl (C=O) groups excluding carboxylic acids is 1.